The lowest BCUT2D eigenvalue weighted by atomic mass is 10.1. The van der Waals surface area contributed by atoms with E-state index in [2.05, 4.69) is 4.98 Å². The number of aliphatic hydroxyl groups is 1. The summed E-state index contributed by atoms with van der Waals surface area (Å²) in [7, 11) is 0. The van der Waals surface area contributed by atoms with Gasteiger partial charge in [0.05, 0.1) is 6.10 Å². The molecule has 0 amide bonds. The van der Waals surface area contributed by atoms with Gasteiger partial charge in [-0.1, -0.05) is 23.2 Å². The number of hydrogen-bond acceptors (Lipinski definition) is 3. The number of halogens is 2. The average molecular weight is 221 g/mol. The zero-order valence-electron chi connectivity index (χ0n) is 6.87. The van der Waals surface area contributed by atoms with E-state index < -0.39 is 6.10 Å². The van der Waals surface area contributed by atoms with Crippen LogP contribution in [0.2, 0.25) is 10.3 Å². The van der Waals surface area contributed by atoms with E-state index in [1.54, 1.807) is 12.1 Å². The second-order valence-electron chi connectivity index (χ2n) is 2.64. The van der Waals surface area contributed by atoms with Crippen molar-refractivity contribution in [2.45, 2.75) is 12.5 Å². The summed E-state index contributed by atoms with van der Waals surface area (Å²) in [4.78, 5) is 3.77. The molecule has 3 N–H and O–H groups in total. The maximum Gasteiger partial charge on any atom is 0.131 e. The minimum absolute atomic E-state index is 0.276. The summed E-state index contributed by atoms with van der Waals surface area (Å²) in [5, 5.41) is 10.1. The smallest absolute Gasteiger partial charge is 0.131 e. The predicted molar refractivity (Wildman–Crippen MR) is 52.9 cm³/mol. The van der Waals surface area contributed by atoms with Crippen molar-refractivity contribution in [2.75, 3.05) is 6.54 Å². The second kappa shape index (κ2) is 4.77. The molecular formula is C8H10Cl2N2O. The van der Waals surface area contributed by atoms with Gasteiger partial charge in [-0.3, -0.25) is 0 Å². The molecule has 0 spiro atoms. The van der Waals surface area contributed by atoms with Gasteiger partial charge in [0.15, 0.2) is 0 Å². The van der Waals surface area contributed by atoms with Gasteiger partial charge in [-0.2, -0.15) is 0 Å². The van der Waals surface area contributed by atoms with Gasteiger partial charge < -0.3 is 10.8 Å². The minimum Gasteiger partial charge on any atom is -0.388 e. The molecule has 1 heterocycles. The van der Waals surface area contributed by atoms with Gasteiger partial charge in [-0.25, -0.2) is 4.98 Å². The molecule has 0 saturated carbocycles. The minimum atomic E-state index is -0.622. The van der Waals surface area contributed by atoms with E-state index in [-0.39, 0.29) is 10.3 Å². The molecule has 13 heavy (non-hydrogen) atoms. The maximum absolute atomic E-state index is 9.54. The third-order valence-corrected chi connectivity index (χ3v) is 2.00. The highest BCUT2D eigenvalue weighted by atomic mass is 35.5. The van der Waals surface area contributed by atoms with Crippen molar-refractivity contribution in [3.63, 3.8) is 0 Å². The highest BCUT2D eigenvalue weighted by Crippen LogP contribution is 2.21. The van der Waals surface area contributed by atoms with E-state index in [0.29, 0.717) is 18.5 Å². The Morgan fingerprint density at radius 2 is 1.92 bits per heavy atom. The summed E-state index contributed by atoms with van der Waals surface area (Å²) in [5.74, 6) is 0. The lowest BCUT2D eigenvalue weighted by Crippen LogP contribution is -2.06. The van der Waals surface area contributed by atoms with Gasteiger partial charge in [0, 0.05) is 0 Å². The van der Waals surface area contributed by atoms with Crippen LogP contribution in [0.25, 0.3) is 0 Å². The number of aliphatic hydroxyl groups excluding tert-OH is 1. The number of rotatable bonds is 3. The van der Waals surface area contributed by atoms with Crippen molar-refractivity contribution in [1.82, 2.24) is 4.98 Å². The number of aromatic nitrogens is 1. The molecule has 0 aliphatic carbocycles. The second-order valence-corrected chi connectivity index (χ2v) is 3.41. The Kier molecular flexibility index (Phi) is 3.93. The molecule has 0 saturated heterocycles. The fourth-order valence-corrected chi connectivity index (χ4v) is 1.48. The van der Waals surface area contributed by atoms with E-state index in [1.807, 2.05) is 0 Å². The van der Waals surface area contributed by atoms with Gasteiger partial charge in [0.1, 0.15) is 10.3 Å². The Morgan fingerprint density at radius 3 is 2.38 bits per heavy atom. The van der Waals surface area contributed by atoms with E-state index in [1.165, 1.54) is 0 Å². The third kappa shape index (κ3) is 3.12. The van der Waals surface area contributed by atoms with Crippen LogP contribution in [0.5, 0.6) is 0 Å². The molecule has 0 aliphatic rings. The molecule has 0 aromatic carbocycles. The monoisotopic (exact) mass is 220 g/mol. The topological polar surface area (TPSA) is 59.1 Å². The molecule has 0 aliphatic heterocycles. The molecule has 0 bridgehead atoms. The summed E-state index contributed by atoms with van der Waals surface area (Å²) >= 11 is 11.3. The molecule has 72 valence electrons. The maximum atomic E-state index is 9.54. The summed E-state index contributed by atoms with van der Waals surface area (Å²) in [6.07, 6.45) is -0.139. The lowest BCUT2D eigenvalue weighted by molar-refractivity contribution is 0.170. The van der Waals surface area contributed by atoms with Gasteiger partial charge in [-0.15, -0.1) is 0 Å². The van der Waals surface area contributed by atoms with Crippen LogP contribution >= 0.6 is 23.2 Å². The number of nitrogens with zero attached hydrogens (tertiary/aromatic N) is 1. The largest absolute Gasteiger partial charge is 0.388 e. The van der Waals surface area contributed by atoms with Crippen molar-refractivity contribution in [2.24, 2.45) is 5.73 Å². The van der Waals surface area contributed by atoms with Gasteiger partial charge >= 0.3 is 0 Å². The SMILES string of the molecule is NCC[C@H](O)c1cc(Cl)nc(Cl)c1. The molecule has 1 atom stereocenters. The highest BCUT2D eigenvalue weighted by molar-refractivity contribution is 6.32. The average Bonchev–Trinajstić information content (AvgIpc) is 2.03. The Hall–Kier alpha value is -0.350. The highest BCUT2D eigenvalue weighted by Gasteiger charge is 2.08. The summed E-state index contributed by atoms with van der Waals surface area (Å²) in [5.41, 5.74) is 5.95. The first kappa shape index (κ1) is 10.7. The quantitative estimate of drug-likeness (QED) is 0.764. The van der Waals surface area contributed by atoms with Crippen LogP contribution in [0.3, 0.4) is 0 Å². The fourth-order valence-electron chi connectivity index (χ4n) is 1.00. The Balaban J connectivity index is 2.87. The van der Waals surface area contributed by atoms with Crippen LogP contribution < -0.4 is 5.73 Å². The van der Waals surface area contributed by atoms with Crippen LogP contribution in [-0.2, 0) is 0 Å². The van der Waals surface area contributed by atoms with E-state index >= 15 is 0 Å². The van der Waals surface area contributed by atoms with Crippen LogP contribution in [0.1, 0.15) is 18.1 Å². The Labute approximate surface area is 86.5 Å². The molecule has 1 rings (SSSR count). The zero-order valence-corrected chi connectivity index (χ0v) is 8.39. The van der Waals surface area contributed by atoms with E-state index in [9.17, 15) is 5.11 Å². The molecule has 1 aromatic heterocycles. The van der Waals surface area contributed by atoms with Gasteiger partial charge in [0.25, 0.3) is 0 Å². The van der Waals surface area contributed by atoms with E-state index in [0.717, 1.165) is 0 Å². The number of nitrogens with two attached hydrogens (primary N) is 1. The Morgan fingerprint density at radius 1 is 1.38 bits per heavy atom. The first-order valence-electron chi connectivity index (χ1n) is 3.84. The van der Waals surface area contributed by atoms with Gasteiger partial charge in [-0.05, 0) is 30.7 Å². The van der Waals surface area contributed by atoms with Gasteiger partial charge in [0.2, 0.25) is 0 Å². The Bertz CT molecular complexity index is 273. The van der Waals surface area contributed by atoms with Crippen LogP contribution in [0.4, 0.5) is 0 Å². The van der Waals surface area contributed by atoms with Crippen molar-refractivity contribution in [1.29, 1.82) is 0 Å². The standard InChI is InChI=1S/C8H10Cl2N2O/c9-7-3-5(4-8(10)12-7)6(13)1-2-11/h3-4,6,13H,1-2,11H2/t6-/m0/s1. The van der Waals surface area contributed by atoms with E-state index in [4.69, 9.17) is 28.9 Å². The first-order chi connectivity index (χ1) is 6.13. The zero-order chi connectivity index (χ0) is 9.84. The number of hydrogen-bond donors (Lipinski definition) is 2. The molecule has 0 radical (unpaired) electrons. The summed E-state index contributed by atoms with van der Waals surface area (Å²) in [6, 6.07) is 3.15. The lowest BCUT2D eigenvalue weighted by Gasteiger charge is -2.09. The van der Waals surface area contributed by atoms with Crippen LogP contribution in [0, 0.1) is 0 Å². The van der Waals surface area contributed by atoms with Crippen molar-refractivity contribution in [3.8, 4) is 0 Å². The molecular weight excluding hydrogens is 211 g/mol. The molecule has 5 heteroatoms. The summed E-state index contributed by atoms with van der Waals surface area (Å²) < 4.78 is 0. The van der Waals surface area contributed by atoms with Crippen LogP contribution in [-0.4, -0.2) is 16.6 Å². The fraction of sp³-hybridized carbons (Fsp3) is 0.375. The van der Waals surface area contributed by atoms with Crippen LogP contribution in [0.15, 0.2) is 12.1 Å². The third-order valence-electron chi connectivity index (χ3n) is 1.61. The number of pyridine rings is 1. The normalized spacial score (nSPS) is 12.9. The summed E-state index contributed by atoms with van der Waals surface area (Å²) in [6.45, 7) is 0.415. The predicted octanol–water partition coefficient (Wildman–Crippen LogP) is 1.77. The molecule has 3 nitrogen and oxygen atoms in total. The van der Waals surface area contributed by atoms with Crippen molar-refractivity contribution < 1.29 is 5.11 Å². The molecule has 0 fully saturated rings. The van der Waals surface area contributed by atoms with Crippen molar-refractivity contribution in [3.05, 3.63) is 28.0 Å². The molecule has 0 unspecified atom stereocenters. The first-order valence-corrected chi connectivity index (χ1v) is 4.60. The van der Waals surface area contributed by atoms with Crippen molar-refractivity contribution >= 4 is 23.2 Å². The molecule has 1 aromatic rings.